The van der Waals surface area contributed by atoms with Gasteiger partial charge in [0.15, 0.2) is 0 Å². The highest BCUT2D eigenvalue weighted by Gasteiger charge is 2.32. The summed E-state index contributed by atoms with van der Waals surface area (Å²) in [6.07, 6.45) is 8.75. The SMILES string of the molecule is CCCC1CCCCN1CC(NC1CC1)C(=O)OC. The average Bonchev–Trinajstić information content (AvgIpc) is 3.23. The fourth-order valence-electron chi connectivity index (χ4n) is 3.07. The molecule has 1 N–H and O–H groups in total. The highest BCUT2D eigenvalue weighted by Crippen LogP contribution is 2.23. The van der Waals surface area contributed by atoms with Crippen molar-refractivity contribution in [2.75, 3.05) is 20.2 Å². The summed E-state index contributed by atoms with van der Waals surface area (Å²) in [5.41, 5.74) is 0. The van der Waals surface area contributed by atoms with Crippen molar-refractivity contribution in [2.24, 2.45) is 0 Å². The Morgan fingerprint density at radius 2 is 2.16 bits per heavy atom. The lowest BCUT2D eigenvalue weighted by Gasteiger charge is -2.37. The van der Waals surface area contributed by atoms with Crippen molar-refractivity contribution in [3.63, 3.8) is 0 Å². The zero-order chi connectivity index (χ0) is 13.7. The Morgan fingerprint density at radius 3 is 2.79 bits per heavy atom. The van der Waals surface area contributed by atoms with E-state index < -0.39 is 0 Å². The van der Waals surface area contributed by atoms with Crippen molar-refractivity contribution < 1.29 is 9.53 Å². The van der Waals surface area contributed by atoms with E-state index in [1.54, 1.807) is 0 Å². The molecular formula is C15H28N2O2. The van der Waals surface area contributed by atoms with Crippen LogP contribution in [-0.2, 0) is 9.53 Å². The molecule has 110 valence electrons. The van der Waals surface area contributed by atoms with Crippen molar-refractivity contribution in [3.05, 3.63) is 0 Å². The van der Waals surface area contributed by atoms with E-state index in [0.29, 0.717) is 12.1 Å². The molecule has 2 aliphatic rings. The molecule has 2 fully saturated rings. The second-order valence-corrected chi connectivity index (χ2v) is 5.95. The number of hydrogen-bond donors (Lipinski definition) is 1. The number of nitrogens with one attached hydrogen (secondary N) is 1. The normalized spacial score (nSPS) is 26.1. The Bertz CT molecular complexity index is 290. The molecule has 4 nitrogen and oxygen atoms in total. The monoisotopic (exact) mass is 268 g/mol. The maximum absolute atomic E-state index is 11.9. The number of piperidine rings is 1. The molecule has 0 aromatic rings. The number of nitrogens with zero attached hydrogens (tertiary/aromatic N) is 1. The van der Waals surface area contributed by atoms with Gasteiger partial charge in [-0.05, 0) is 38.6 Å². The number of carbonyl (C=O) groups is 1. The number of carbonyl (C=O) groups excluding carboxylic acids is 1. The van der Waals surface area contributed by atoms with E-state index in [1.165, 1.54) is 52.1 Å². The van der Waals surface area contributed by atoms with Crippen LogP contribution in [0.25, 0.3) is 0 Å². The summed E-state index contributed by atoms with van der Waals surface area (Å²) in [6, 6.07) is 1.06. The van der Waals surface area contributed by atoms with E-state index >= 15 is 0 Å². The number of esters is 1. The molecule has 0 aromatic heterocycles. The Morgan fingerprint density at radius 1 is 1.37 bits per heavy atom. The van der Waals surface area contributed by atoms with Gasteiger partial charge in [0.05, 0.1) is 7.11 Å². The Balaban J connectivity index is 1.90. The molecule has 0 spiro atoms. The van der Waals surface area contributed by atoms with E-state index in [4.69, 9.17) is 4.74 Å². The summed E-state index contributed by atoms with van der Waals surface area (Å²) in [7, 11) is 1.49. The number of ether oxygens (including phenoxy) is 1. The van der Waals surface area contributed by atoms with Crippen LogP contribution >= 0.6 is 0 Å². The van der Waals surface area contributed by atoms with Crippen LogP contribution in [0.2, 0.25) is 0 Å². The average molecular weight is 268 g/mol. The van der Waals surface area contributed by atoms with Crippen LogP contribution in [0.4, 0.5) is 0 Å². The van der Waals surface area contributed by atoms with Gasteiger partial charge >= 0.3 is 5.97 Å². The third-order valence-electron chi connectivity index (χ3n) is 4.29. The third-order valence-corrected chi connectivity index (χ3v) is 4.29. The fourth-order valence-corrected chi connectivity index (χ4v) is 3.07. The molecule has 19 heavy (non-hydrogen) atoms. The fraction of sp³-hybridized carbons (Fsp3) is 0.933. The minimum absolute atomic E-state index is 0.104. The number of hydrogen-bond acceptors (Lipinski definition) is 4. The van der Waals surface area contributed by atoms with E-state index in [0.717, 1.165) is 13.1 Å². The molecule has 1 saturated heterocycles. The van der Waals surface area contributed by atoms with Gasteiger partial charge in [-0.25, -0.2) is 0 Å². The highest BCUT2D eigenvalue weighted by atomic mass is 16.5. The van der Waals surface area contributed by atoms with Crippen molar-refractivity contribution in [2.45, 2.75) is 70.0 Å². The summed E-state index contributed by atoms with van der Waals surface area (Å²) in [6.45, 7) is 4.19. The largest absolute Gasteiger partial charge is 0.468 e. The van der Waals surface area contributed by atoms with Crippen molar-refractivity contribution in [3.8, 4) is 0 Å². The van der Waals surface area contributed by atoms with Gasteiger partial charge in [-0.2, -0.15) is 0 Å². The van der Waals surface area contributed by atoms with Crippen LogP contribution in [0, 0.1) is 0 Å². The number of methoxy groups -OCH3 is 1. The molecule has 2 unspecified atom stereocenters. The van der Waals surface area contributed by atoms with Crippen LogP contribution in [0.15, 0.2) is 0 Å². The molecule has 1 aliphatic heterocycles. The molecule has 0 aromatic carbocycles. The van der Waals surface area contributed by atoms with Gasteiger partial charge in [0.2, 0.25) is 0 Å². The first kappa shape index (κ1) is 14.8. The first-order valence-electron chi connectivity index (χ1n) is 7.82. The number of rotatable bonds is 7. The summed E-state index contributed by atoms with van der Waals surface area (Å²) in [5, 5.41) is 3.44. The lowest BCUT2D eigenvalue weighted by atomic mass is 9.97. The van der Waals surface area contributed by atoms with Crippen molar-refractivity contribution in [1.29, 1.82) is 0 Å². The second-order valence-electron chi connectivity index (χ2n) is 5.95. The zero-order valence-electron chi connectivity index (χ0n) is 12.4. The summed E-state index contributed by atoms with van der Waals surface area (Å²) in [4.78, 5) is 14.4. The van der Waals surface area contributed by atoms with Gasteiger partial charge < -0.3 is 10.1 Å². The van der Waals surface area contributed by atoms with Gasteiger partial charge in [-0.3, -0.25) is 9.69 Å². The van der Waals surface area contributed by atoms with Gasteiger partial charge in [0.25, 0.3) is 0 Å². The van der Waals surface area contributed by atoms with Crippen molar-refractivity contribution >= 4 is 5.97 Å². The molecule has 0 radical (unpaired) electrons. The van der Waals surface area contributed by atoms with Crippen LogP contribution in [0.1, 0.15) is 51.9 Å². The van der Waals surface area contributed by atoms with Gasteiger partial charge in [-0.15, -0.1) is 0 Å². The molecule has 2 rings (SSSR count). The maximum Gasteiger partial charge on any atom is 0.324 e. The van der Waals surface area contributed by atoms with E-state index in [9.17, 15) is 4.79 Å². The predicted octanol–water partition coefficient (Wildman–Crippen LogP) is 1.93. The quantitative estimate of drug-likeness (QED) is 0.716. The van der Waals surface area contributed by atoms with Crippen LogP contribution < -0.4 is 5.32 Å². The molecule has 1 saturated carbocycles. The standard InChI is InChI=1S/C15H28N2O2/c1-3-6-13-7-4-5-10-17(13)11-14(15(18)19-2)16-12-8-9-12/h12-14,16H,3-11H2,1-2H3. The minimum atomic E-state index is -0.144. The van der Waals surface area contributed by atoms with Gasteiger partial charge in [0, 0.05) is 18.6 Å². The van der Waals surface area contributed by atoms with Gasteiger partial charge in [0.1, 0.15) is 6.04 Å². The smallest absolute Gasteiger partial charge is 0.324 e. The molecule has 0 bridgehead atoms. The molecule has 1 aliphatic carbocycles. The predicted molar refractivity (Wildman–Crippen MR) is 76.1 cm³/mol. The summed E-state index contributed by atoms with van der Waals surface area (Å²) >= 11 is 0. The van der Waals surface area contributed by atoms with Crippen LogP contribution in [0.5, 0.6) is 0 Å². The zero-order valence-corrected chi connectivity index (χ0v) is 12.4. The third kappa shape index (κ3) is 4.46. The summed E-state index contributed by atoms with van der Waals surface area (Å²) < 4.78 is 4.95. The number of likely N-dealkylation sites (tertiary alicyclic amines) is 1. The Labute approximate surface area is 116 Å². The second kappa shape index (κ2) is 7.25. The first-order chi connectivity index (χ1) is 9.24. The van der Waals surface area contributed by atoms with E-state index in [1.807, 2.05) is 0 Å². The molecule has 4 heteroatoms. The first-order valence-corrected chi connectivity index (χ1v) is 7.82. The molecule has 2 atom stereocenters. The lowest BCUT2D eigenvalue weighted by Crippen LogP contribution is -2.51. The Kier molecular flexibility index (Phi) is 5.64. The van der Waals surface area contributed by atoms with Crippen LogP contribution in [0.3, 0.4) is 0 Å². The highest BCUT2D eigenvalue weighted by molar-refractivity contribution is 5.76. The Hall–Kier alpha value is -0.610. The summed E-state index contributed by atoms with van der Waals surface area (Å²) in [5.74, 6) is -0.104. The minimum Gasteiger partial charge on any atom is -0.468 e. The van der Waals surface area contributed by atoms with E-state index in [2.05, 4.69) is 17.1 Å². The van der Waals surface area contributed by atoms with Gasteiger partial charge in [-0.1, -0.05) is 19.8 Å². The molecule has 0 amide bonds. The molecule has 1 heterocycles. The van der Waals surface area contributed by atoms with E-state index in [-0.39, 0.29) is 12.0 Å². The molecular weight excluding hydrogens is 240 g/mol. The lowest BCUT2D eigenvalue weighted by molar-refractivity contribution is -0.144. The maximum atomic E-state index is 11.9. The van der Waals surface area contributed by atoms with Crippen molar-refractivity contribution in [1.82, 2.24) is 10.2 Å². The topological polar surface area (TPSA) is 41.6 Å². The van der Waals surface area contributed by atoms with Crippen LogP contribution in [-0.4, -0.2) is 49.2 Å².